The van der Waals surface area contributed by atoms with Crippen molar-refractivity contribution in [2.45, 2.75) is 44.4 Å². The maximum atomic E-state index is 13.3. The second-order valence-electron chi connectivity index (χ2n) is 7.71. The van der Waals surface area contributed by atoms with Gasteiger partial charge in [0.15, 0.2) is 5.17 Å². The van der Waals surface area contributed by atoms with E-state index in [2.05, 4.69) is 12.2 Å². The summed E-state index contributed by atoms with van der Waals surface area (Å²) >= 11 is 7.48. The van der Waals surface area contributed by atoms with E-state index in [4.69, 9.17) is 21.6 Å². The summed E-state index contributed by atoms with van der Waals surface area (Å²) in [5.41, 5.74) is 2.73. The van der Waals surface area contributed by atoms with Crippen LogP contribution in [0.25, 0.3) is 0 Å². The first-order valence-electron chi connectivity index (χ1n) is 10.8. The maximum absolute atomic E-state index is 13.3. The van der Waals surface area contributed by atoms with Gasteiger partial charge in [-0.1, -0.05) is 61.0 Å². The smallest absolute Gasteiger partial charge is 0.259 e. The number of rotatable bonds is 8. The third-order valence-electron chi connectivity index (χ3n) is 5.33. The molecule has 2 aliphatic heterocycles. The van der Waals surface area contributed by atoms with Crippen LogP contribution in [0.1, 0.15) is 43.7 Å². The molecule has 2 aromatic rings. The molecular weight excluding hydrogens is 444 g/mol. The zero-order valence-electron chi connectivity index (χ0n) is 17.9. The van der Waals surface area contributed by atoms with Gasteiger partial charge in [0, 0.05) is 29.3 Å². The van der Waals surface area contributed by atoms with Crippen molar-refractivity contribution in [2.24, 2.45) is 9.98 Å². The van der Waals surface area contributed by atoms with Gasteiger partial charge in [-0.15, -0.1) is 0 Å². The second-order valence-corrected chi connectivity index (χ2v) is 9.09. The molecule has 2 heterocycles. The molecule has 0 aliphatic carbocycles. The summed E-state index contributed by atoms with van der Waals surface area (Å²) in [6, 6.07) is 14.8. The molecule has 8 heteroatoms. The molecule has 0 fully saturated rings. The lowest BCUT2D eigenvalue weighted by molar-refractivity contribution is -0.125. The molecule has 0 radical (unpaired) electrons. The Morgan fingerprint density at radius 3 is 2.75 bits per heavy atom. The molecule has 2 aliphatic rings. The number of carbonyl (C=O) groups is 2. The van der Waals surface area contributed by atoms with Crippen LogP contribution in [-0.4, -0.2) is 40.3 Å². The quantitative estimate of drug-likeness (QED) is 0.558. The van der Waals surface area contributed by atoms with Crippen molar-refractivity contribution in [3.05, 3.63) is 64.7 Å². The van der Waals surface area contributed by atoms with E-state index in [1.807, 2.05) is 48.5 Å². The number of unbranched alkanes of at least 4 members (excludes halogenated alkanes) is 1. The number of hydrogen-bond acceptors (Lipinski definition) is 5. The topological polar surface area (TPSA) is 74.1 Å². The van der Waals surface area contributed by atoms with Crippen molar-refractivity contribution in [2.75, 3.05) is 6.54 Å². The van der Waals surface area contributed by atoms with Crippen molar-refractivity contribution in [1.82, 2.24) is 10.2 Å². The fourth-order valence-corrected chi connectivity index (χ4v) is 4.66. The number of nitrogens with zero attached hydrogens (tertiary/aromatic N) is 3. The molecule has 2 aromatic carbocycles. The van der Waals surface area contributed by atoms with E-state index in [1.54, 1.807) is 4.90 Å². The van der Waals surface area contributed by atoms with Gasteiger partial charge in [0.1, 0.15) is 11.9 Å². The van der Waals surface area contributed by atoms with Crippen LogP contribution in [-0.2, 0) is 15.3 Å². The standard InChI is InChI=1S/C24H25ClN4O2S/c1-2-3-14-26-21(30)13-12-20-23(31)29-22(27-20)18-6-4-5-7-19(18)28-24(29)32-15-16-8-10-17(25)11-9-16/h4-11,20H,2-3,12-15H2,1H3,(H,26,30)/t20-/m0/s1. The lowest BCUT2D eigenvalue weighted by Gasteiger charge is -2.25. The van der Waals surface area contributed by atoms with Gasteiger partial charge in [0.2, 0.25) is 5.91 Å². The molecule has 0 unspecified atom stereocenters. The Kier molecular flexibility index (Phi) is 7.27. The molecular formula is C24H25ClN4O2S. The lowest BCUT2D eigenvalue weighted by Crippen LogP contribution is -2.41. The molecule has 4 rings (SSSR count). The Balaban J connectivity index is 1.50. The molecule has 2 amide bonds. The minimum Gasteiger partial charge on any atom is -0.356 e. The van der Waals surface area contributed by atoms with Gasteiger partial charge in [-0.3, -0.25) is 14.6 Å². The summed E-state index contributed by atoms with van der Waals surface area (Å²) in [5.74, 6) is 1.11. The van der Waals surface area contributed by atoms with Crippen LogP contribution >= 0.6 is 23.4 Å². The van der Waals surface area contributed by atoms with Crippen LogP contribution in [0.5, 0.6) is 0 Å². The van der Waals surface area contributed by atoms with Crippen molar-refractivity contribution in [1.29, 1.82) is 0 Å². The van der Waals surface area contributed by atoms with Gasteiger partial charge in [0.05, 0.1) is 5.69 Å². The Morgan fingerprint density at radius 1 is 1.19 bits per heavy atom. The summed E-state index contributed by atoms with van der Waals surface area (Å²) in [4.78, 5) is 36.5. The molecule has 1 N–H and O–H groups in total. The largest absolute Gasteiger partial charge is 0.356 e. The Hall–Kier alpha value is -2.64. The summed E-state index contributed by atoms with van der Waals surface area (Å²) in [6.45, 7) is 2.75. The molecule has 0 saturated heterocycles. The van der Waals surface area contributed by atoms with Crippen molar-refractivity contribution < 1.29 is 9.59 Å². The van der Waals surface area contributed by atoms with Crippen LogP contribution in [0.2, 0.25) is 5.02 Å². The number of aliphatic imine (C=N–C) groups is 2. The first-order valence-corrected chi connectivity index (χ1v) is 12.2. The third-order valence-corrected chi connectivity index (χ3v) is 6.59. The number of thioether (sulfide) groups is 1. The zero-order chi connectivity index (χ0) is 22.5. The number of amides is 2. The lowest BCUT2D eigenvalue weighted by atomic mass is 10.1. The summed E-state index contributed by atoms with van der Waals surface area (Å²) in [6.07, 6.45) is 2.63. The fourth-order valence-electron chi connectivity index (χ4n) is 3.58. The van der Waals surface area contributed by atoms with Crippen LogP contribution in [0.4, 0.5) is 5.69 Å². The van der Waals surface area contributed by atoms with Crippen molar-refractivity contribution >= 4 is 51.9 Å². The molecule has 6 nitrogen and oxygen atoms in total. The second kappa shape index (κ2) is 10.3. The average Bonchev–Trinajstić information content (AvgIpc) is 3.14. The highest BCUT2D eigenvalue weighted by molar-refractivity contribution is 8.13. The van der Waals surface area contributed by atoms with E-state index in [0.717, 1.165) is 29.7 Å². The minimum absolute atomic E-state index is 0.0391. The number of benzene rings is 2. The van der Waals surface area contributed by atoms with E-state index in [9.17, 15) is 9.59 Å². The van der Waals surface area contributed by atoms with E-state index >= 15 is 0 Å². The van der Waals surface area contributed by atoms with Gasteiger partial charge in [-0.25, -0.2) is 9.89 Å². The Bertz CT molecular complexity index is 1070. The number of para-hydroxylation sites is 1. The highest BCUT2D eigenvalue weighted by atomic mass is 35.5. The molecule has 166 valence electrons. The highest BCUT2D eigenvalue weighted by Crippen LogP contribution is 2.35. The minimum atomic E-state index is -0.575. The number of fused-ring (bicyclic) bond motifs is 3. The van der Waals surface area contributed by atoms with E-state index < -0.39 is 6.04 Å². The number of carbonyl (C=O) groups excluding carboxylic acids is 2. The Morgan fingerprint density at radius 2 is 1.97 bits per heavy atom. The van der Waals surface area contributed by atoms with E-state index in [0.29, 0.717) is 34.7 Å². The molecule has 0 saturated carbocycles. The SMILES string of the molecule is CCCCNC(=O)CC[C@@H]1N=C2c3ccccc3N=C(SCc3ccc(Cl)cc3)N2C1=O. The van der Waals surface area contributed by atoms with Crippen LogP contribution in [0.3, 0.4) is 0 Å². The van der Waals surface area contributed by atoms with Crippen molar-refractivity contribution in [3.8, 4) is 0 Å². The molecule has 0 bridgehead atoms. The first kappa shape index (κ1) is 22.6. The number of amidine groups is 2. The summed E-state index contributed by atoms with van der Waals surface area (Å²) in [7, 11) is 0. The Labute approximate surface area is 197 Å². The number of nitrogens with one attached hydrogen (secondary N) is 1. The van der Waals surface area contributed by atoms with Gasteiger partial charge in [0.25, 0.3) is 5.91 Å². The van der Waals surface area contributed by atoms with Crippen LogP contribution < -0.4 is 5.32 Å². The molecule has 1 atom stereocenters. The van der Waals surface area contributed by atoms with Crippen LogP contribution in [0.15, 0.2) is 58.5 Å². The first-order chi connectivity index (χ1) is 15.6. The monoisotopic (exact) mass is 468 g/mol. The van der Waals surface area contributed by atoms with Crippen LogP contribution in [0, 0.1) is 0 Å². The summed E-state index contributed by atoms with van der Waals surface area (Å²) in [5, 5.41) is 4.20. The third kappa shape index (κ3) is 5.05. The highest BCUT2D eigenvalue weighted by Gasteiger charge is 2.41. The fraction of sp³-hybridized carbons (Fsp3) is 0.333. The van der Waals surface area contributed by atoms with E-state index in [1.165, 1.54) is 11.8 Å². The van der Waals surface area contributed by atoms with Gasteiger partial charge < -0.3 is 5.32 Å². The van der Waals surface area contributed by atoms with Crippen molar-refractivity contribution in [3.63, 3.8) is 0 Å². The zero-order valence-corrected chi connectivity index (χ0v) is 19.5. The molecule has 32 heavy (non-hydrogen) atoms. The molecule has 0 spiro atoms. The van der Waals surface area contributed by atoms with Gasteiger partial charge >= 0.3 is 0 Å². The number of halogens is 1. The average molecular weight is 469 g/mol. The number of hydrogen-bond donors (Lipinski definition) is 1. The maximum Gasteiger partial charge on any atom is 0.259 e. The van der Waals surface area contributed by atoms with E-state index in [-0.39, 0.29) is 18.2 Å². The van der Waals surface area contributed by atoms with Gasteiger partial charge in [-0.2, -0.15) is 0 Å². The molecule has 0 aromatic heterocycles. The predicted octanol–water partition coefficient (Wildman–Crippen LogP) is 4.93. The van der Waals surface area contributed by atoms with Gasteiger partial charge in [-0.05, 0) is 42.7 Å². The predicted molar refractivity (Wildman–Crippen MR) is 131 cm³/mol. The summed E-state index contributed by atoms with van der Waals surface area (Å²) < 4.78 is 0. The normalized spacial score (nSPS) is 16.9.